The lowest BCUT2D eigenvalue weighted by molar-refractivity contribution is -0.138. The second-order valence-corrected chi connectivity index (χ2v) is 6.99. The molecule has 25 heavy (non-hydrogen) atoms. The second-order valence-electron chi connectivity index (χ2n) is 5.17. The maximum absolute atomic E-state index is 10.8. The van der Waals surface area contributed by atoms with Crippen LogP contribution in [0.1, 0.15) is 6.92 Å². The number of rotatable bonds is 5. The number of benzene rings is 2. The second kappa shape index (κ2) is 7.95. The van der Waals surface area contributed by atoms with Crippen molar-refractivity contribution in [2.45, 2.75) is 11.8 Å². The Bertz CT molecular complexity index is 894. The van der Waals surface area contributed by atoms with E-state index in [1.807, 2.05) is 54.6 Å². The average molecular weight is 393 g/mol. The number of hydrogen-bond acceptors (Lipinski definition) is 4. The molecule has 1 aromatic heterocycles. The first-order valence-electron chi connectivity index (χ1n) is 7.41. The lowest BCUT2D eigenvalue weighted by Gasteiger charge is -2.09. The van der Waals surface area contributed by atoms with Crippen molar-refractivity contribution in [3.63, 3.8) is 0 Å². The van der Waals surface area contributed by atoms with Crippen LogP contribution in [0.2, 0.25) is 10.2 Å². The molecule has 0 radical (unpaired) electrons. The van der Waals surface area contributed by atoms with Crippen molar-refractivity contribution in [1.29, 1.82) is 0 Å². The minimum Gasteiger partial charge on any atom is -0.454 e. The number of carbonyl (C=O) groups is 1. The Morgan fingerprint density at radius 1 is 1.16 bits per heavy atom. The van der Waals surface area contributed by atoms with Crippen molar-refractivity contribution < 1.29 is 9.53 Å². The summed E-state index contributed by atoms with van der Waals surface area (Å²) < 4.78 is 6.69. The van der Waals surface area contributed by atoms with Gasteiger partial charge in [0.15, 0.2) is 5.15 Å². The lowest BCUT2D eigenvalue weighted by atomic mass is 10.1. The third-order valence-corrected chi connectivity index (χ3v) is 4.63. The number of carbonyl (C=O) groups excluding carboxylic acids is 1. The molecule has 4 nitrogen and oxygen atoms in total. The summed E-state index contributed by atoms with van der Waals surface area (Å²) in [5, 5.41) is 5.39. The van der Waals surface area contributed by atoms with Gasteiger partial charge in [-0.25, -0.2) is 4.68 Å². The molecule has 0 aliphatic rings. The van der Waals surface area contributed by atoms with Crippen LogP contribution in [-0.2, 0) is 9.53 Å². The van der Waals surface area contributed by atoms with Crippen LogP contribution >= 0.6 is 35.0 Å². The number of esters is 1. The first kappa shape index (κ1) is 17.9. The normalized spacial score (nSPS) is 10.7. The summed E-state index contributed by atoms with van der Waals surface area (Å²) in [4.78, 5) is 11.8. The van der Waals surface area contributed by atoms with Crippen molar-refractivity contribution in [3.05, 3.63) is 64.8 Å². The Balaban J connectivity index is 1.86. The van der Waals surface area contributed by atoms with Gasteiger partial charge in [0.05, 0.1) is 11.4 Å². The zero-order valence-electron chi connectivity index (χ0n) is 13.3. The van der Waals surface area contributed by atoms with Gasteiger partial charge in [-0.1, -0.05) is 53.2 Å². The summed E-state index contributed by atoms with van der Waals surface area (Å²) in [7, 11) is 0. The molecule has 7 heteroatoms. The van der Waals surface area contributed by atoms with Gasteiger partial charge in [-0.3, -0.25) is 4.79 Å². The Hall–Kier alpha value is -1.95. The van der Waals surface area contributed by atoms with Gasteiger partial charge in [0.2, 0.25) is 0 Å². The zero-order chi connectivity index (χ0) is 17.8. The van der Waals surface area contributed by atoms with Crippen molar-refractivity contribution in [3.8, 4) is 16.9 Å². The Labute approximate surface area is 159 Å². The standard InChI is InChI=1S/C18H14Cl2N2O2S/c1-12(23)24-11-25-16-7-5-13(6-8-16)17-10-18(20)21-22(17)15-4-2-3-14(19)9-15/h2-10H,11H2,1H3. The van der Waals surface area contributed by atoms with E-state index in [0.717, 1.165) is 21.8 Å². The predicted molar refractivity (Wildman–Crippen MR) is 102 cm³/mol. The van der Waals surface area contributed by atoms with Gasteiger partial charge in [-0.05, 0) is 30.3 Å². The summed E-state index contributed by atoms with van der Waals surface area (Å²) in [6.45, 7) is 1.39. The fourth-order valence-corrected chi connectivity index (χ4v) is 3.32. The molecule has 3 aromatic rings. The Kier molecular flexibility index (Phi) is 5.68. The van der Waals surface area contributed by atoms with Gasteiger partial charge < -0.3 is 4.74 Å². The molecule has 3 rings (SSSR count). The van der Waals surface area contributed by atoms with Gasteiger partial charge in [-0.15, -0.1) is 0 Å². The number of thioether (sulfide) groups is 1. The van der Waals surface area contributed by atoms with E-state index < -0.39 is 0 Å². The van der Waals surface area contributed by atoms with Crippen LogP contribution in [0.5, 0.6) is 0 Å². The molecule has 0 N–H and O–H groups in total. The van der Waals surface area contributed by atoms with Gasteiger partial charge in [0, 0.05) is 28.5 Å². The summed E-state index contributed by atoms with van der Waals surface area (Å²) >= 11 is 13.6. The van der Waals surface area contributed by atoms with Crippen LogP contribution in [0.15, 0.2) is 59.5 Å². The van der Waals surface area contributed by atoms with Crippen molar-refractivity contribution in [2.24, 2.45) is 0 Å². The molecule has 128 valence electrons. The molecule has 0 spiro atoms. The largest absolute Gasteiger partial charge is 0.454 e. The third kappa shape index (κ3) is 4.57. The van der Waals surface area contributed by atoms with Crippen LogP contribution in [-0.4, -0.2) is 21.7 Å². The summed E-state index contributed by atoms with van der Waals surface area (Å²) in [5.41, 5.74) is 2.67. The maximum Gasteiger partial charge on any atom is 0.303 e. The van der Waals surface area contributed by atoms with Crippen molar-refractivity contribution >= 4 is 40.9 Å². The zero-order valence-corrected chi connectivity index (χ0v) is 15.6. The number of hydrogen-bond donors (Lipinski definition) is 0. The Morgan fingerprint density at radius 3 is 2.60 bits per heavy atom. The van der Waals surface area contributed by atoms with E-state index in [9.17, 15) is 4.79 Å². The van der Waals surface area contributed by atoms with E-state index in [1.54, 1.807) is 4.68 Å². The molecule has 1 heterocycles. The molecule has 0 bridgehead atoms. The monoisotopic (exact) mass is 392 g/mol. The quantitative estimate of drug-likeness (QED) is 0.328. The van der Waals surface area contributed by atoms with Crippen LogP contribution in [0, 0.1) is 0 Å². The summed E-state index contributed by atoms with van der Waals surface area (Å²) in [5.74, 6) is 0.00482. The van der Waals surface area contributed by atoms with Gasteiger partial charge in [-0.2, -0.15) is 5.10 Å². The summed E-state index contributed by atoms with van der Waals surface area (Å²) in [6, 6.07) is 17.1. The molecule has 0 unspecified atom stereocenters. The fourth-order valence-electron chi connectivity index (χ4n) is 2.26. The van der Waals surface area contributed by atoms with E-state index in [-0.39, 0.29) is 5.97 Å². The van der Waals surface area contributed by atoms with Crippen LogP contribution in [0.3, 0.4) is 0 Å². The van der Waals surface area contributed by atoms with E-state index in [1.165, 1.54) is 18.7 Å². The highest BCUT2D eigenvalue weighted by molar-refractivity contribution is 7.99. The third-order valence-electron chi connectivity index (χ3n) is 3.37. The molecule has 0 aliphatic carbocycles. The number of ether oxygens (including phenoxy) is 1. The molecule has 0 saturated carbocycles. The molecule has 2 aromatic carbocycles. The van der Waals surface area contributed by atoms with E-state index in [0.29, 0.717) is 16.1 Å². The van der Waals surface area contributed by atoms with Gasteiger partial charge in [0.1, 0.15) is 5.94 Å². The van der Waals surface area contributed by atoms with Crippen molar-refractivity contribution in [1.82, 2.24) is 9.78 Å². The highest BCUT2D eigenvalue weighted by Crippen LogP contribution is 2.29. The van der Waals surface area contributed by atoms with E-state index >= 15 is 0 Å². The van der Waals surface area contributed by atoms with E-state index in [2.05, 4.69) is 5.10 Å². The molecule has 0 aliphatic heterocycles. The molecule has 0 fully saturated rings. The van der Waals surface area contributed by atoms with Crippen LogP contribution < -0.4 is 0 Å². The van der Waals surface area contributed by atoms with Crippen LogP contribution in [0.25, 0.3) is 16.9 Å². The minimum absolute atomic E-state index is 0.288. The van der Waals surface area contributed by atoms with E-state index in [4.69, 9.17) is 27.9 Å². The maximum atomic E-state index is 10.8. The van der Waals surface area contributed by atoms with Gasteiger partial charge >= 0.3 is 5.97 Å². The molecule has 0 atom stereocenters. The summed E-state index contributed by atoms with van der Waals surface area (Å²) in [6.07, 6.45) is 0. The average Bonchev–Trinajstić information content (AvgIpc) is 2.97. The highest BCUT2D eigenvalue weighted by atomic mass is 35.5. The molecular formula is C18H14Cl2N2O2S. The fraction of sp³-hybridized carbons (Fsp3) is 0.111. The number of aromatic nitrogens is 2. The lowest BCUT2D eigenvalue weighted by Crippen LogP contribution is -1.99. The van der Waals surface area contributed by atoms with Gasteiger partial charge in [0.25, 0.3) is 0 Å². The molecule has 0 saturated heterocycles. The topological polar surface area (TPSA) is 44.1 Å². The first-order chi connectivity index (χ1) is 12.0. The Morgan fingerprint density at radius 2 is 1.92 bits per heavy atom. The molecular weight excluding hydrogens is 379 g/mol. The number of nitrogens with zero attached hydrogens (tertiary/aromatic N) is 2. The smallest absolute Gasteiger partial charge is 0.303 e. The number of halogens is 2. The van der Waals surface area contributed by atoms with Crippen LogP contribution in [0.4, 0.5) is 0 Å². The predicted octanol–water partition coefficient (Wildman–Crippen LogP) is 5.46. The molecule has 0 amide bonds. The van der Waals surface area contributed by atoms with Crippen molar-refractivity contribution in [2.75, 3.05) is 5.94 Å². The highest BCUT2D eigenvalue weighted by Gasteiger charge is 2.11. The first-order valence-corrected chi connectivity index (χ1v) is 9.15. The minimum atomic E-state index is -0.288. The SMILES string of the molecule is CC(=O)OCSc1ccc(-c2cc(Cl)nn2-c2cccc(Cl)c2)cc1.